The minimum atomic E-state index is -0.806. The summed E-state index contributed by atoms with van der Waals surface area (Å²) in [5, 5.41) is 6.22. The second-order valence-electron chi connectivity index (χ2n) is 3.51. The van der Waals surface area contributed by atoms with Crippen LogP contribution in [0.25, 0.3) is 0 Å². The molecule has 1 unspecified atom stereocenters. The van der Waals surface area contributed by atoms with Gasteiger partial charge >= 0.3 is 5.97 Å². The maximum atomic E-state index is 11.9. The summed E-state index contributed by atoms with van der Waals surface area (Å²) in [4.78, 5) is 23.4. The smallest absolute Gasteiger partial charge is 0.349 e. The highest BCUT2D eigenvalue weighted by molar-refractivity contribution is 9.11. The number of hydrogen-bond acceptors (Lipinski definition) is 5. The SMILES string of the molecule is CCOC(=O)C1NC(=O)c2c(sc(Br)c2C)N1. The Balaban J connectivity index is 2.28. The van der Waals surface area contributed by atoms with Crippen LogP contribution in [-0.4, -0.2) is 24.6 Å². The van der Waals surface area contributed by atoms with Crippen molar-refractivity contribution in [1.29, 1.82) is 0 Å². The van der Waals surface area contributed by atoms with Gasteiger partial charge in [0.15, 0.2) is 0 Å². The monoisotopic (exact) mass is 318 g/mol. The van der Waals surface area contributed by atoms with Gasteiger partial charge in [-0.1, -0.05) is 0 Å². The van der Waals surface area contributed by atoms with Crippen molar-refractivity contribution in [3.63, 3.8) is 0 Å². The first-order valence-electron chi connectivity index (χ1n) is 5.07. The van der Waals surface area contributed by atoms with Gasteiger partial charge in [0, 0.05) is 0 Å². The third-order valence-corrected chi connectivity index (χ3v) is 4.48. The molecule has 1 atom stereocenters. The van der Waals surface area contributed by atoms with Crippen molar-refractivity contribution in [2.24, 2.45) is 0 Å². The van der Waals surface area contributed by atoms with Crippen molar-refractivity contribution < 1.29 is 14.3 Å². The molecule has 0 radical (unpaired) electrons. The molecule has 1 aromatic rings. The van der Waals surface area contributed by atoms with Crippen molar-refractivity contribution in [3.05, 3.63) is 14.9 Å². The van der Waals surface area contributed by atoms with Crippen LogP contribution in [0.2, 0.25) is 0 Å². The Kier molecular flexibility index (Phi) is 3.39. The molecule has 5 nitrogen and oxygen atoms in total. The zero-order valence-electron chi connectivity index (χ0n) is 9.30. The molecule has 1 aliphatic heterocycles. The molecule has 7 heteroatoms. The number of anilines is 1. The average Bonchev–Trinajstić information content (AvgIpc) is 2.55. The van der Waals surface area contributed by atoms with E-state index in [-0.39, 0.29) is 12.5 Å². The van der Waals surface area contributed by atoms with Crippen LogP contribution >= 0.6 is 27.3 Å². The van der Waals surface area contributed by atoms with Gasteiger partial charge in [-0.15, -0.1) is 11.3 Å². The van der Waals surface area contributed by atoms with Gasteiger partial charge in [0.25, 0.3) is 5.91 Å². The minimum absolute atomic E-state index is 0.253. The number of nitrogens with one attached hydrogen (secondary N) is 2. The van der Waals surface area contributed by atoms with Crippen molar-refractivity contribution in [2.75, 3.05) is 11.9 Å². The lowest BCUT2D eigenvalue weighted by Crippen LogP contribution is -2.50. The van der Waals surface area contributed by atoms with Gasteiger partial charge < -0.3 is 15.4 Å². The third kappa shape index (κ3) is 2.16. The van der Waals surface area contributed by atoms with Gasteiger partial charge in [0.05, 0.1) is 16.0 Å². The number of rotatable bonds is 2. The summed E-state index contributed by atoms with van der Waals surface area (Å²) >= 11 is 4.77. The second-order valence-corrected chi connectivity index (χ2v) is 5.85. The van der Waals surface area contributed by atoms with Gasteiger partial charge in [-0.05, 0) is 35.3 Å². The van der Waals surface area contributed by atoms with E-state index in [1.807, 2.05) is 6.92 Å². The molecule has 2 heterocycles. The molecule has 2 rings (SSSR count). The molecule has 0 saturated carbocycles. The van der Waals surface area contributed by atoms with E-state index in [1.165, 1.54) is 11.3 Å². The first-order chi connectivity index (χ1) is 8.04. The van der Waals surface area contributed by atoms with E-state index in [9.17, 15) is 9.59 Å². The molecule has 92 valence electrons. The normalized spacial score (nSPS) is 18.1. The largest absolute Gasteiger partial charge is 0.463 e. The number of carbonyl (C=O) groups is 2. The molecular formula is C10H11BrN2O3S. The molecule has 0 saturated heterocycles. The number of amides is 1. The zero-order valence-corrected chi connectivity index (χ0v) is 11.7. The van der Waals surface area contributed by atoms with Gasteiger partial charge in [-0.3, -0.25) is 4.79 Å². The van der Waals surface area contributed by atoms with Gasteiger partial charge in [-0.2, -0.15) is 0 Å². The van der Waals surface area contributed by atoms with Gasteiger partial charge in [0.2, 0.25) is 6.17 Å². The Morgan fingerprint density at radius 1 is 1.53 bits per heavy atom. The summed E-state index contributed by atoms with van der Waals surface area (Å²) in [5.41, 5.74) is 1.46. The number of fused-ring (bicyclic) bond motifs is 1. The molecule has 1 amide bonds. The van der Waals surface area contributed by atoms with Crippen LogP contribution < -0.4 is 10.6 Å². The molecule has 17 heavy (non-hydrogen) atoms. The van der Waals surface area contributed by atoms with Crippen molar-refractivity contribution >= 4 is 44.1 Å². The Morgan fingerprint density at radius 2 is 2.24 bits per heavy atom. The van der Waals surface area contributed by atoms with Crippen LogP contribution in [0.4, 0.5) is 5.00 Å². The number of hydrogen-bond donors (Lipinski definition) is 2. The molecule has 0 aromatic carbocycles. The summed E-state index contributed by atoms with van der Waals surface area (Å²) in [7, 11) is 0. The number of thiophene rings is 1. The van der Waals surface area contributed by atoms with E-state index in [0.717, 1.165) is 9.35 Å². The predicted molar refractivity (Wildman–Crippen MR) is 68.3 cm³/mol. The molecule has 0 fully saturated rings. The highest BCUT2D eigenvalue weighted by Gasteiger charge is 2.32. The molecule has 0 bridgehead atoms. The van der Waals surface area contributed by atoms with Crippen molar-refractivity contribution in [3.8, 4) is 0 Å². The molecule has 0 spiro atoms. The minimum Gasteiger partial charge on any atom is -0.463 e. The highest BCUT2D eigenvalue weighted by atomic mass is 79.9. The van der Waals surface area contributed by atoms with E-state index >= 15 is 0 Å². The fraction of sp³-hybridized carbons (Fsp3) is 0.400. The Morgan fingerprint density at radius 3 is 2.88 bits per heavy atom. The zero-order chi connectivity index (χ0) is 12.6. The van der Waals surface area contributed by atoms with Crippen LogP contribution in [0.5, 0.6) is 0 Å². The Bertz CT molecular complexity index is 486. The molecular weight excluding hydrogens is 308 g/mol. The van der Waals surface area contributed by atoms with E-state index in [1.54, 1.807) is 6.92 Å². The first kappa shape index (κ1) is 12.4. The van der Waals surface area contributed by atoms with Gasteiger partial charge in [-0.25, -0.2) is 4.79 Å². The average molecular weight is 319 g/mol. The Labute approximate surface area is 111 Å². The van der Waals surface area contributed by atoms with Crippen LogP contribution in [0.1, 0.15) is 22.8 Å². The van der Waals surface area contributed by atoms with E-state index < -0.39 is 12.1 Å². The lowest BCUT2D eigenvalue weighted by Gasteiger charge is -2.24. The van der Waals surface area contributed by atoms with Crippen molar-refractivity contribution in [1.82, 2.24) is 5.32 Å². The van der Waals surface area contributed by atoms with Crippen LogP contribution in [0.15, 0.2) is 3.79 Å². The molecule has 1 aromatic heterocycles. The quantitative estimate of drug-likeness (QED) is 0.817. The Hall–Kier alpha value is -1.08. The second kappa shape index (κ2) is 4.66. The standard InChI is InChI=1S/C10H11BrN2O3S/c1-3-16-10(15)7-12-8(14)5-4(2)6(11)17-9(5)13-7/h7,13H,3H2,1-2H3,(H,12,14). The van der Waals surface area contributed by atoms with Gasteiger partial charge in [0.1, 0.15) is 5.00 Å². The molecule has 1 aliphatic rings. The maximum absolute atomic E-state index is 11.9. The van der Waals surface area contributed by atoms with Crippen LogP contribution in [-0.2, 0) is 9.53 Å². The first-order valence-corrected chi connectivity index (χ1v) is 6.68. The summed E-state index contributed by atoms with van der Waals surface area (Å²) in [5.74, 6) is -0.732. The van der Waals surface area contributed by atoms with E-state index in [4.69, 9.17) is 4.74 Å². The third-order valence-electron chi connectivity index (χ3n) is 2.39. The topological polar surface area (TPSA) is 67.4 Å². The fourth-order valence-corrected chi connectivity index (χ4v) is 3.22. The lowest BCUT2D eigenvalue weighted by atomic mass is 10.1. The van der Waals surface area contributed by atoms with E-state index in [2.05, 4.69) is 26.6 Å². The summed E-state index contributed by atoms with van der Waals surface area (Å²) in [6, 6.07) is 0. The number of halogens is 1. The maximum Gasteiger partial charge on any atom is 0.349 e. The number of esters is 1. The van der Waals surface area contributed by atoms with Crippen molar-refractivity contribution in [2.45, 2.75) is 20.0 Å². The highest BCUT2D eigenvalue weighted by Crippen LogP contribution is 2.38. The molecule has 2 N–H and O–H groups in total. The van der Waals surface area contributed by atoms with Crippen LogP contribution in [0, 0.1) is 6.92 Å². The number of carbonyl (C=O) groups excluding carboxylic acids is 2. The summed E-state index contributed by atoms with van der Waals surface area (Å²) in [6.45, 7) is 3.86. The van der Waals surface area contributed by atoms with E-state index in [0.29, 0.717) is 10.6 Å². The number of ether oxygens (including phenoxy) is 1. The summed E-state index contributed by atoms with van der Waals surface area (Å²) < 4.78 is 5.74. The molecule has 0 aliphatic carbocycles. The van der Waals surface area contributed by atoms with Crippen LogP contribution in [0.3, 0.4) is 0 Å². The fourth-order valence-electron chi connectivity index (χ4n) is 1.57. The lowest BCUT2D eigenvalue weighted by molar-refractivity contribution is -0.144. The predicted octanol–water partition coefficient (Wildman–Crippen LogP) is 1.86. The summed E-state index contributed by atoms with van der Waals surface area (Å²) in [6.07, 6.45) is -0.806.